The number of amides is 1. The van der Waals surface area contributed by atoms with Gasteiger partial charge in [-0.1, -0.05) is 42.5 Å². The Bertz CT molecular complexity index is 1160. The molecule has 0 aromatic heterocycles. The van der Waals surface area contributed by atoms with E-state index in [0.29, 0.717) is 5.69 Å². The molecule has 0 unspecified atom stereocenters. The molecule has 1 N–H and O–H groups in total. The van der Waals surface area contributed by atoms with Crippen molar-refractivity contribution in [2.75, 3.05) is 32.1 Å². The van der Waals surface area contributed by atoms with Crippen molar-refractivity contribution in [2.45, 2.75) is 25.6 Å². The third-order valence-electron chi connectivity index (χ3n) is 6.07. The first-order valence-electron chi connectivity index (χ1n) is 11.3. The fourth-order valence-corrected chi connectivity index (χ4v) is 4.39. The molecule has 3 aromatic rings. The van der Waals surface area contributed by atoms with Gasteiger partial charge in [0.25, 0.3) is 5.91 Å². The van der Waals surface area contributed by atoms with Crippen LogP contribution in [0, 0.1) is 0 Å². The minimum absolute atomic E-state index is 0.0141. The second kappa shape index (κ2) is 10.4. The number of ether oxygens (including phenoxy) is 1. The summed E-state index contributed by atoms with van der Waals surface area (Å²) in [7, 11) is 1.70. The summed E-state index contributed by atoms with van der Waals surface area (Å²) in [6.45, 7) is 3.50. The standard InChI is InChI=1S/C27H27F3N2O2/c1-34-16-6-14-32-15-13-19-17-21(12-11-20(19)18-32)31-26(33)24-9-3-2-7-22(24)23-8-4-5-10-25(23)27(28,29)30/h2-5,7-12,17H,6,13-16,18H2,1H3,(H,31,33). The number of nitrogens with zero attached hydrogens (tertiary/aromatic N) is 1. The van der Waals surface area contributed by atoms with Crippen LogP contribution >= 0.6 is 0 Å². The quantitative estimate of drug-likeness (QED) is 0.431. The van der Waals surface area contributed by atoms with Gasteiger partial charge in [0.15, 0.2) is 0 Å². The van der Waals surface area contributed by atoms with Crippen LogP contribution in [-0.2, 0) is 23.9 Å². The topological polar surface area (TPSA) is 41.6 Å². The van der Waals surface area contributed by atoms with Gasteiger partial charge in [-0.15, -0.1) is 0 Å². The fourth-order valence-electron chi connectivity index (χ4n) is 4.39. The summed E-state index contributed by atoms with van der Waals surface area (Å²) in [6, 6.07) is 17.5. The predicted molar refractivity (Wildman–Crippen MR) is 127 cm³/mol. The van der Waals surface area contributed by atoms with Crippen LogP contribution in [0.4, 0.5) is 18.9 Å². The van der Waals surface area contributed by atoms with Gasteiger partial charge >= 0.3 is 6.18 Å². The minimum Gasteiger partial charge on any atom is -0.385 e. The lowest BCUT2D eigenvalue weighted by molar-refractivity contribution is -0.137. The largest absolute Gasteiger partial charge is 0.417 e. The predicted octanol–water partition coefficient (Wildman–Crippen LogP) is 6.02. The molecule has 7 heteroatoms. The summed E-state index contributed by atoms with van der Waals surface area (Å²) in [5.41, 5.74) is 2.70. The molecule has 1 amide bonds. The van der Waals surface area contributed by atoms with Crippen LogP contribution < -0.4 is 5.32 Å². The molecule has 1 aliphatic heterocycles. The van der Waals surface area contributed by atoms with Gasteiger partial charge in [-0.25, -0.2) is 0 Å². The van der Waals surface area contributed by atoms with Crippen molar-refractivity contribution in [3.8, 4) is 11.1 Å². The van der Waals surface area contributed by atoms with E-state index in [2.05, 4.69) is 10.2 Å². The molecule has 1 aliphatic rings. The van der Waals surface area contributed by atoms with Gasteiger partial charge < -0.3 is 10.1 Å². The van der Waals surface area contributed by atoms with Crippen molar-refractivity contribution >= 4 is 11.6 Å². The zero-order valence-corrected chi connectivity index (χ0v) is 19.0. The summed E-state index contributed by atoms with van der Waals surface area (Å²) < 4.78 is 45.9. The number of carbonyl (C=O) groups excluding carboxylic acids is 1. The summed E-state index contributed by atoms with van der Waals surface area (Å²) in [5, 5.41) is 2.88. The molecular formula is C27H27F3N2O2. The number of rotatable bonds is 7. The Morgan fingerprint density at radius 2 is 1.74 bits per heavy atom. The van der Waals surface area contributed by atoms with Crippen LogP contribution in [0.2, 0.25) is 0 Å². The number of hydrogen-bond acceptors (Lipinski definition) is 3. The maximum atomic E-state index is 13.6. The van der Waals surface area contributed by atoms with Crippen molar-refractivity contribution in [1.82, 2.24) is 4.90 Å². The zero-order valence-electron chi connectivity index (χ0n) is 19.0. The van der Waals surface area contributed by atoms with Crippen LogP contribution in [0.15, 0.2) is 66.7 Å². The number of nitrogens with one attached hydrogen (secondary N) is 1. The van der Waals surface area contributed by atoms with E-state index in [1.165, 1.54) is 23.3 Å². The molecule has 4 nitrogen and oxygen atoms in total. The Morgan fingerprint density at radius 1 is 1.00 bits per heavy atom. The number of alkyl halides is 3. The van der Waals surface area contributed by atoms with Gasteiger partial charge in [0.1, 0.15) is 0 Å². The Kier molecular flexibility index (Phi) is 7.34. The van der Waals surface area contributed by atoms with Gasteiger partial charge in [-0.05, 0) is 59.4 Å². The number of benzene rings is 3. The van der Waals surface area contributed by atoms with Gasteiger partial charge in [0, 0.05) is 44.6 Å². The molecule has 1 heterocycles. The molecule has 4 rings (SSSR count). The van der Waals surface area contributed by atoms with E-state index in [9.17, 15) is 18.0 Å². The smallest absolute Gasteiger partial charge is 0.385 e. The molecule has 34 heavy (non-hydrogen) atoms. The molecule has 0 saturated carbocycles. The average molecular weight is 469 g/mol. The van der Waals surface area contributed by atoms with Crippen LogP contribution in [0.3, 0.4) is 0 Å². The number of fused-ring (bicyclic) bond motifs is 1. The third kappa shape index (κ3) is 5.48. The Balaban J connectivity index is 1.54. The molecule has 0 fully saturated rings. The Morgan fingerprint density at radius 3 is 2.50 bits per heavy atom. The Labute approximate surface area is 197 Å². The number of carbonyl (C=O) groups is 1. The highest BCUT2D eigenvalue weighted by molar-refractivity contribution is 6.09. The van der Waals surface area contributed by atoms with E-state index in [1.54, 1.807) is 37.4 Å². The molecule has 0 saturated heterocycles. The Hall–Kier alpha value is -3.16. The van der Waals surface area contributed by atoms with Crippen LogP contribution in [0.25, 0.3) is 11.1 Å². The first-order chi connectivity index (χ1) is 16.4. The van der Waals surface area contributed by atoms with E-state index in [1.807, 2.05) is 18.2 Å². The highest BCUT2D eigenvalue weighted by atomic mass is 19.4. The first kappa shape index (κ1) is 24.0. The zero-order chi connectivity index (χ0) is 24.1. The van der Waals surface area contributed by atoms with Gasteiger partial charge in [-0.3, -0.25) is 9.69 Å². The molecule has 0 atom stereocenters. The van der Waals surface area contributed by atoms with Gasteiger partial charge in [0.2, 0.25) is 0 Å². The third-order valence-corrected chi connectivity index (χ3v) is 6.07. The molecule has 0 spiro atoms. The summed E-state index contributed by atoms with van der Waals surface area (Å²) in [5.74, 6) is -0.440. The SMILES string of the molecule is COCCCN1CCc2cc(NC(=O)c3ccccc3-c3ccccc3C(F)(F)F)ccc2C1. The highest BCUT2D eigenvalue weighted by Gasteiger charge is 2.34. The van der Waals surface area contributed by atoms with E-state index >= 15 is 0 Å². The van der Waals surface area contributed by atoms with E-state index in [-0.39, 0.29) is 16.7 Å². The van der Waals surface area contributed by atoms with Crippen molar-refractivity contribution in [2.24, 2.45) is 0 Å². The lowest BCUT2D eigenvalue weighted by atomic mass is 9.94. The maximum Gasteiger partial charge on any atom is 0.417 e. The number of halogens is 3. The molecule has 178 valence electrons. The van der Waals surface area contributed by atoms with Crippen molar-refractivity contribution in [3.63, 3.8) is 0 Å². The van der Waals surface area contributed by atoms with Crippen molar-refractivity contribution in [1.29, 1.82) is 0 Å². The number of hydrogen-bond donors (Lipinski definition) is 1. The summed E-state index contributed by atoms with van der Waals surface area (Å²) in [4.78, 5) is 15.5. The lowest BCUT2D eigenvalue weighted by Gasteiger charge is -2.29. The van der Waals surface area contributed by atoms with E-state index in [4.69, 9.17) is 4.74 Å². The van der Waals surface area contributed by atoms with E-state index < -0.39 is 17.6 Å². The fraction of sp³-hybridized carbons (Fsp3) is 0.296. The lowest BCUT2D eigenvalue weighted by Crippen LogP contribution is -2.31. The molecule has 3 aromatic carbocycles. The van der Waals surface area contributed by atoms with Gasteiger partial charge in [0.05, 0.1) is 5.56 Å². The first-order valence-corrected chi connectivity index (χ1v) is 11.3. The highest BCUT2D eigenvalue weighted by Crippen LogP contribution is 2.38. The van der Waals surface area contributed by atoms with Crippen LogP contribution in [0.1, 0.15) is 33.5 Å². The average Bonchev–Trinajstić information content (AvgIpc) is 2.83. The number of anilines is 1. The molecule has 0 aliphatic carbocycles. The second-order valence-corrected chi connectivity index (χ2v) is 8.40. The second-order valence-electron chi connectivity index (χ2n) is 8.40. The monoisotopic (exact) mass is 468 g/mol. The molecule has 0 bridgehead atoms. The minimum atomic E-state index is -4.52. The van der Waals surface area contributed by atoms with Crippen molar-refractivity contribution < 1.29 is 22.7 Å². The normalized spacial score (nSPS) is 14.0. The molecule has 0 radical (unpaired) electrons. The summed E-state index contributed by atoms with van der Waals surface area (Å²) >= 11 is 0. The van der Waals surface area contributed by atoms with Gasteiger partial charge in [-0.2, -0.15) is 13.2 Å². The summed E-state index contributed by atoms with van der Waals surface area (Å²) in [6.07, 6.45) is -2.66. The van der Waals surface area contributed by atoms with Crippen LogP contribution in [0.5, 0.6) is 0 Å². The molecular weight excluding hydrogens is 441 g/mol. The number of methoxy groups -OCH3 is 1. The maximum absolute atomic E-state index is 13.6. The van der Waals surface area contributed by atoms with E-state index in [0.717, 1.165) is 45.1 Å². The van der Waals surface area contributed by atoms with Crippen LogP contribution in [-0.4, -0.2) is 37.6 Å². The van der Waals surface area contributed by atoms with Crippen molar-refractivity contribution in [3.05, 3.63) is 89.0 Å².